The van der Waals surface area contributed by atoms with Crippen molar-refractivity contribution in [1.29, 1.82) is 0 Å². The van der Waals surface area contributed by atoms with Crippen molar-refractivity contribution in [2.24, 2.45) is 5.92 Å². The Bertz CT molecular complexity index is 421. The van der Waals surface area contributed by atoms with E-state index in [1.165, 1.54) is 42.5 Å². The summed E-state index contributed by atoms with van der Waals surface area (Å²) in [4.78, 5) is 2.65. The number of hydrogen-bond acceptors (Lipinski definition) is 2. The van der Waals surface area contributed by atoms with Crippen molar-refractivity contribution in [3.8, 4) is 0 Å². The summed E-state index contributed by atoms with van der Waals surface area (Å²) in [5.41, 5.74) is 1.42. The molecule has 18 heavy (non-hydrogen) atoms. The maximum absolute atomic E-state index is 3.68. The monoisotopic (exact) mass is 308 g/mol. The molecule has 1 aromatic carbocycles. The van der Waals surface area contributed by atoms with Crippen molar-refractivity contribution in [2.45, 2.75) is 31.8 Å². The summed E-state index contributed by atoms with van der Waals surface area (Å²) in [5, 5.41) is 3.63. The van der Waals surface area contributed by atoms with Gasteiger partial charge >= 0.3 is 0 Å². The molecule has 2 fully saturated rings. The van der Waals surface area contributed by atoms with Crippen LogP contribution in [0.15, 0.2) is 28.7 Å². The van der Waals surface area contributed by atoms with Crippen molar-refractivity contribution in [2.75, 3.05) is 19.6 Å². The van der Waals surface area contributed by atoms with Crippen LogP contribution >= 0.6 is 15.9 Å². The first-order valence-corrected chi connectivity index (χ1v) is 7.77. The Morgan fingerprint density at radius 3 is 3.00 bits per heavy atom. The number of likely N-dealkylation sites (tertiary alicyclic amines) is 1. The maximum atomic E-state index is 3.68. The Balaban J connectivity index is 1.73. The van der Waals surface area contributed by atoms with E-state index in [0.29, 0.717) is 6.04 Å². The van der Waals surface area contributed by atoms with E-state index in [0.717, 1.165) is 12.0 Å². The van der Waals surface area contributed by atoms with Crippen molar-refractivity contribution < 1.29 is 0 Å². The van der Waals surface area contributed by atoms with Gasteiger partial charge in [0.25, 0.3) is 0 Å². The highest BCUT2D eigenvalue weighted by Crippen LogP contribution is 2.33. The van der Waals surface area contributed by atoms with Crippen molar-refractivity contribution in [1.82, 2.24) is 10.2 Å². The second kappa shape index (κ2) is 5.32. The number of fused-ring (bicyclic) bond motifs is 1. The quantitative estimate of drug-likeness (QED) is 0.902. The number of piperidine rings is 1. The third kappa shape index (κ3) is 2.36. The van der Waals surface area contributed by atoms with Crippen LogP contribution in [-0.2, 0) is 0 Å². The van der Waals surface area contributed by atoms with Gasteiger partial charge in [0.15, 0.2) is 0 Å². The molecule has 1 aromatic rings. The molecule has 3 rings (SSSR count). The van der Waals surface area contributed by atoms with Crippen LogP contribution in [0.1, 0.15) is 31.4 Å². The average Bonchev–Trinajstić information content (AvgIpc) is 2.85. The molecule has 3 heteroatoms. The van der Waals surface area contributed by atoms with Crippen LogP contribution in [0.4, 0.5) is 0 Å². The number of rotatable bonds is 2. The van der Waals surface area contributed by atoms with Gasteiger partial charge in [0.2, 0.25) is 0 Å². The van der Waals surface area contributed by atoms with Gasteiger partial charge in [0, 0.05) is 29.6 Å². The molecule has 2 saturated heterocycles. The Morgan fingerprint density at radius 2 is 2.17 bits per heavy atom. The summed E-state index contributed by atoms with van der Waals surface area (Å²) in [6, 6.07) is 9.92. The molecule has 2 nitrogen and oxygen atoms in total. The van der Waals surface area contributed by atoms with Gasteiger partial charge in [-0.1, -0.05) is 34.1 Å². The van der Waals surface area contributed by atoms with Gasteiger partial charge in [-0.25, -0.2) is 0 Å². The van der Waals surface area contributed by atoms with E-state index in [4.69, 9.17) is 0 Å². The van der Waals surface area contributed by atoms with Crippen molar-refractivity contribution in [3.63, 3.8) is 0 Å². The third-order valence-corrected chi connectivity index (χ3v) is 5.31. The number of hydrogen-bond donors (Lipinski definition) is 1. The molecule has 0 saturated carbocycles. The Hall–Kier alpha value is -0.380. The van der Waals surface area contributed by atoms with Gasteiger partial charge in [0.1, 0.15) is 0 Å². The van der Waals surface area contributed by atoms with Crippen LogP contribution in [0.2, 0.25) is 0 Å². The Labute approximate surface area is 118 Å². The molecule has 0 aliphatic carbocycles. The normalized spacial score (nSPS) is 30.1. The largest absolute Gasteiger partial charge is 0.314 e. The predicted octanol–water partition coefficient (Wildman–Crippen LogP) is 3.19. The molecule has 1 N–H and O–H groups in total. The van der Waals surface area contributed by atoms with Gasteiger partial charge in [0.05, 0.1) is 0 Å². The number of nitrogens with zero attached hydrogens (tertiary/aromatic N) is 1. The lowest BCUT2D eigenvalue weighted by atomic mass is 9.91. The van der Waals surface area contributed by atoms with Crippen LogP contribution < -0.4 is 5.32 Å². The zero-order valence-electron chi connectivity index (χ0n) is 10.9. The fourth-order valence-electron chi connectivity index (χ4n) is 3.44. The summed E-state index contributed by atoms with van der Waals surface area (Å²) in [7, 11) is 0. The highest BCUT2D eigenvalue weighted by Gasteiger charge is 2.34. The number of benzene rings is 1. The zero-order chi connectivity index (χ0) is 12.5. The molecule has 98 valence electrons. The van der Waals surface area contributed by atoms with E-state index in [9.17, 15) is 0 Å². The average molecular weight is 309 g/mol. The van der Waals surface area contributed by atoms with Crippen LogP contribution in [0.3, 0.4) is 0 Å². The molecule has 0 amide bonds. The topological polar surface area (TPSA) is 15.3 Å². The van der Waals surface area contributed by atoms with Crippen LogP contribution in [0, 0.1) is 5.92 Å². The summed E-state index contributed by atoms with van der Waals surface area (Å²) in [5.74, 6) is 0.865. The standard InChI is InChI=1S/C15H21BrN2/c1-11(13-4-2-3-5-14(13)16)18-9-7-15-12(10-18)6-8-17-15/h2-5,11-12,15,17H,6-10H2,1H3. The van der Waals surface area contributed by atoms with E-state index in [-0.39, 0.29) is 0 Å². The molecule has 3 atom stereocenters. The molecule has 2 aliphatic heterocycles. The third-order valence-electron chi connectivity index (χ3n) is 4.59. The highest BCUT2D eigenvalue weighted by atomic mass is 79.9. The van der Waals surface area contributed by atoms with Crippen molar-refractivity contribution >= 4 is 15.9 Å². The van der Waals surface area contributed by atoms with Gasteiger partial charge in [-0.15, -0.1) is 0 Å². The van der Waals surface area contributed by atoms with E-state index < -0.39 is 0 Å². The Kier molecular flexibility index (Phi) is 3.73. The first-order valence-electron chi connectivity index (χ1n) is 6.97. The maximum Gasteiger partial charge on any atom is 0.0331 e. The highest BCUT2D eigenvalue weighted by molar-refractivity contribution is 9.10. The van der Waals surface area contributed by atoms with Gasteiger partial charge in [-0.2, -0.15) is 0 Å². The second-order valence-electron chi connectivity index (χ2n) is 5.59. The van der Waals surface area contributed by atoms with Gasteiger partial charge in [-0.3, -0.25) is 4.90 Å². The van der Waals surface area contributed by atoms with E-state index in [2.05, 4.69) is 57.3 Å². The minimum atomic E-state index is 0.516. The molecule has 0 aromatic heterocycles. The Morgan fingerprint density at radius 1 is 1.33 bits per heavy atom. The molecule has 0 radical (unpaired) electrons. The molecule has 2 heterocycles. The smallest absolute Gasteiger partial charge is 0.0331 e. The lowest BCUT2D eigenvalue weighted by Gasteiger charge is -2.39. The van der Waals surface area contributed by atoms with E-state index in [1.54, 1.807) is 0 Å². The molecular weight excluding hydrogens is 288 g/mol. The molecule has 2 aliphatic rings. The van der Waals surface area contributed by atoms with Gasteiger partial charge in [-0.05, 0) is 43.9 Å². The summed E-state index contributed by atoms with van der Waals surface area (Å²) >= 11 is 3.68. The van der Waals surface area contributed by atoms with Gasteiger partial charge < -0.3 is 5.32 Å². The predicted molar refractivity (Wildman–Crippen MR) is 78.6 cm³/mol. The van der Waals surface area contributed by atoms with Crippen molar-refractivity contribution in [3.05, 3.63) is 34.3 Å². The molecule has 0 bridgehead atoms. The van der Waals surface area contributed by atoms with Crippen LogP contribution in [-0.4, -0.2) is 30.6 Å². The number of halogens is 1. The summed E-state index contributed by atoms with van der Waals surface area (Å²) < 4.78 is 1.24. The second-order valence-corrected chi connectivity index (χ2v) is 6.44. The fourth-order valence-corrected chi connectivity index (χ4v) is 4.05. The number of nitrogens with one attached hydrogen (secondary N) is 1. The summed E-state index contributed by atoms with van der Waals surface area (Å²) in [6.07, 6.45) is 2.66. The lowest BCUT2D eigenvalue weighted by molar-refractivity contribution is 0.122. The summed E-state index contributed by atoms with van der Waals surface area (Å²) in [6.45, 7) is 6.02. The van der Waals surface area contributed by atoms with Crippen LogP contribution in [0.5, 0.6) is 0 Å². The van der Waals surface area contributed by atoms with E-state index >= 15 is 0 Å². The fraction of sp³-hybridized carbons (Fsp3) is 0.600. The van der Waals surface area contributed by atoms with Crippen LogP contribution in [0.25, 0.3) is 0 Å². The first kappa shape index (κ1) is 12.6. The molecule has 3 unspecified atom stereocenters. The molecular formula is C15H21BrN2. The molecule has 0 spiro atoms. The minimum absolute atomic E-state index is 0.516. The zero-order valence-corrected chi connectivity index (χ0v) is 12.5. The lowest BCUT2D eigenvalue weighted by Crippen LogP contribution is -2.45. The first-order chi connectivity index (χ1) is 8.75. The SMILES string of the molecule is CC(c1ccccc1Br)N1CCC2NCCC2C1. The van der Waals surface area contributed by atoms with E-state index in [1.807, 2.05) is 0 Å². The minimum Gasteiger partial charge on any atom is -0.314 e.